The zero-order valence-corrected chi connectivity index (χ0v) is 14.9. The van der Waals surface area contributed by atoms with E-state index in [4.69, 9.17) is 4.43 Å². The molecule has 2 aliphatic rings. The van der Waals surface area contributed by atoms with Crippen molar-refractivity contribution in [2.45, 2.75) is 70.2 Å². The summed E-state index contributed by atoms with van der Waals surface area (Å²) in [4.78, 5) is 2.51. The lowest BCUT2D eigenvalue weighted by Gasteiger charge is -2.43. The molecule has 0 N–H and O–H groups in total. The van der Waals surface area contributed by atoms with Crippen molar-refractivity contribution in [1.82, 2.24) is 4.90 Å². The lowest BCUT2D eigenvalue weighted by molar-refractivity contribution is 0.0544. The lowest BCUT2D eigenvalue weighted by Crippen LogP contribution is -2.50. The second-order valence-electron chi connectivity index (χ2n) is 8.17. The molecule has 4 heteroatoms. The molecule has 2 saturated heterocycles. The Morgan fingerprint density at radius 2 is 1.95 bits per heavy atom. The fourth-order valence-corrected chi connectivity index (χ4v) is 4.52. The topological polar surface area (TPSA) is 36.3 Å². The molecule has 2 heterocycles. The van der Waals surface area contributed by atoms with E-state index in [2.05, 4.69) is 51.9 Å². The van der Waals surface area contributed by atoms with Crippen LogP contribution >= 0.6 is 0 Å². The van der Waals surface area contributed by atoms with E-state index in [9.17, 15) is 5.26 Å². The molecule has 0 unspecified atom stereocenters. The fourth-order valence-electron chi connectivity index (χ4n) is 3.47. The van der Waals surface area contributed by atoms with Crippen molar-refractivity contribution < 1.29 is 4.43 Å². The molecule has 0 spiro atoms. The van der Waals surface area contributed by atoms with Crippen molar-refractivity contribution in [2.24, 2.45) is 11.8 Å². The second kappa shape index (κ2) is 5.44. The van der Waals surface area contributed by atoms with E-state index >= 15 is 0 Å². The number of fused-ring (bicyclic) bond motifs is 2. The molecule has 0 amide bonds. The Balaban J connectivity index is 2.06. The van der Waals surface area contributed by atoms with E-state index in [1.165, 1.54) is 12.8 Å². The average Bonchev–Trinajstić information content (AvgIpc) is 2.60. The van der Waals surface area contributed by atoms with Gasteiger partial charge in [-0.2, -0.15) is 5.26 Å². The number of hydrogen-bond acceptors (Lipinski definition) is 3. The SMILES string of the molecule is CN1[C@H]2CC[C@@H]1[C@@H](CO[Si](C)(C)C(C)(C)C)[C@@H](C#N)C2. The van der Waals surface area contributed by atoms with Crippen LogP contribution in [-0.2, 0) is 4.43 Å². The Kier molecular flexibility index (Phi) is 4.35. The van der Waals surface area contributed by atoms with Gasteiger partial charge in [-0.1, -0.05) is 20.8 Å². The molecule has 0 aromatic carbocycles. The summed E-state index contributed by atoms with van der Waals surface area (Å²) in [6.45, 7) is 12.2. The fraction of sp³-hybridized carbons (Fsp3) is 0.938. The van der Waals surface area contributed by atoms with Crippen molar-refractivity contribution in [3.8, 4) is 6.07 Å². The summed E-state index contributed by atoms with van der Waals surface area (Å²) in [5.41, 5.74) is 0. The van der Waals surface area contributed by atoms with Crippen LogP contribution in [0.15, 0.2) is 0 Å². The summed E-state index contributed by atoms with van der Waals surface area (Å²) in [7, 11) is 0.521. The Bertz CT molecular complexity index is 396. The molecule has 0 aliphatic carbocycles. The highest BCUT2D eigenvalue weighted by Crippen LogP contribution is 2.43. The summed E-state index contributed by atoms with van der Waals surface area (Å²) in [5.74, 6) is 0.589. The van der Waals surface area contributed by atoms with Crippen molar-refractivity contribution in [3.05, 3.63) is 0 Å². The molecule has 2 aliphatic heterocycles. The molecule has 20 heavy (non-hydrogen) atoms. The van der Waals surface area contributed by atoms with Gasteiger partial charge in [-0.25, -0.2) is 0 Å². The molecule has 0 aromatic rings. The molecular weight excluding hydrogens is 264 g/mol. The smallest absolute Gasteiger partial charge is 0.191 e. The maximum absolute atomic E-state index is 9.49. The van der Waals surface area contributed by atoms with Crippen molar-refractivity contribution in [1.29, 1.82) is 5.26 Å². The second-order valence-corrected chi connectivity index (χ2v) is 13.0. The number of hydrogen-bond donors (Lipinski definition) is 0. The van der Waals surface area contributed by atoms with Crippen LogP contribution in [0.1, 0.15) is 40.0 Å². The van der Waals surface area contributed by atoms with E-state index in [1.54, 1.807) is 0 Å². The largest absolute Gasteiger partial charge is 0.416 e. The molecule has 2 fully saturated rings. The van der Waals surface area contributed by atoms with Gasteiger partial charge in [0.1, 0.15) is 0 Å². The first-order chi connectivity index (χ1) is 9.17. The van der Waals surface area contributed by atoms with Gasteiger partial charge in [0.2, 0.25) is 0 Å². The van der Waals surface area contributed by atoms with E-state index in [1.807, 2.05) is 0 Å². The maximum Gasteiger partial charge on any atom is 0.191 e. The number of nitrogens with zero attached hydrogens (tertiary/aromatic N) is 2. The third kappa shape index (κ3) is 2.81. The molecule has 3 nitrogen and oxygen atoms in total. The van der Waals surface area contributed by atoms with Crippen LogP contribution in [0.5, 0.6) is 0 Å². The molecule has 4 atom stereocenters. The van der Waals surface area contributed by atoms with Gasteiger partial charge in [0.05, 0.1) is 12.0 Å². The predicted molar refractivity (Wildman–Crippen MR) is 84.9 cm³/mol. The standard InChI is InChI=1S/C16H30N2OSi/c1-16(2,3)20(5,6)19-11-14-12(10-17)9-13-7-8-15(14)18(13)4/h12-15H,7-9,11H2,1-6H3/t12-,13+,14+,15-/m1/s1. The normalized spacial score (nSPS) is 35.0. The Morgan fingerprint density at radius 1 is 1.30 bits per heavy atom. The minimum Gasteiger partial charge on any atom is -0.416 e. The Hall–Kier alpha value is -0.373. The summed E-state index contributed by atoms with van der Waals surface area (Å²) < 4.78 is 6.43. The zero-order valence-electron chi connectivity index (χ0n) is 13.9. The molecule has 2 rings (SSSR count). The molecule has 2 bridgehead atoms. The first-order valence-electron chi connectivity index (χ1n) is 7.93. The molecule has 0 aromatic heterocycles. The van der Waals surface area contributed by atoms with Crippen LogP contribution < -0.4 is 0 Å². The molecule has 114 valence electrons. The summed E-state index contributed by atoms with van der Waals surface area (Å²) in [6.07, 6.45) is 3.54. The molecular formula is C16H30N2OSi. The van der Waals surface area contributed by atoms with Gasteiger partial charge in [-0.05, 0) is 44.4 Å². The lowest BCUT2D eigenvalue weighted by atomic mass is 9.82. The third-order valence-electron chi connectivity index (χ3n) is 6.04. The molecule has 0 saturated carbocycles. The highest BCUT2D eigenvalue weighted by atomic mass is 28.4. The van der Waals surface area contributed by atoms with Crippen LogP contribution in [0.2, 0.25) is 18.1 Å². The monoisotopic (exact) mass is 294 g/mol. The first-order valence-corrected chi connectivity index (χ1v) is 10.8. The summed E-state index contributed by atoms with van der Waals surface area (Å²) >= 11 is 0. The highest BCUT2D eigenvalue weighted by Gasteiger charge is 2.47. The quantitative estimate of drug-likeness (QED) is 0.746. The van der Waals surface area contributed by atoms with Gasteiger partial charge >= 0.3 is 0 Å². The maximum atomic E-state index is 9.49. The third-order valence-corrected chi connectivity index (χ3v) is 10.5. The van der Waals surface area contributed by atoms with Crippen molar-refractivity contribution >= 4 is 8.32 Å². The van der Waals surface area contributed by atoms with Crippen LogP contribution in [0, 0.1) is 23.2 Å². The average molecular weight is 295 g/mol. The van der Waals surface area contributed by atoms with E-state index < -0.39 is 8.32 Å². The van der Waals surface area contributed by atoms with Crippen LogP contribution in [0.3, 0.4) is 0 Å². The number of nitriles is 1. The summed E-state index contributed by atoms with van der Waals surface area (Å²) in [6, 6.07) is 3.75. The zero-order chi connectivity index (χ0) is 15.1. The van der Waals surface area contributed by atoms with E-state index in [0.717, 1.165) is 13.0 Å². The predicted octanol–water partition coefficient (Wildman–Crippen LogP) is 3.63. The van der Waals surface area contributed by atoms with Crippen molar-refractivity contribution in [2.75, 3.05) is 13.7 Å². The molecule has 0 radical (unpaired) electrons. The highest BCUT2D eigenvalue weighted by molar-refractivity contribution is 6.74. The van der Waals surface area contributed by atoms with Gasteiger partial charge in [0.15, 0.2) is 8.32 Å². The van der Waals surface area contributed by atoms with Gasteiger partial charge in [0.25, 0.3) is 0 Å². The first kappa shape index (κ1) is 16.0. The van der Waals surface area contributed by atoms with Gasteiger partial charge in [0, 0.05) is 24.6 Å². The Labute approximate surface area is 125 Å². The van der Waals surface area contributed by atoms with Crippen molar-refractivity contribution in [3.63, 3.8) is 0 Å². The van der Waals surface area contributed by atoms with Crippen LogP contribution in [-0.4, -0.2) is 39.0 Å². The summed E-state index contributed by atoms with van der Waals surface area (Å²) in [5, 5.41) is 9.73. The Morgan fingerprint density at radius 3 is 2.50 bits per heavy atom. The number of rotatable bonds is 3. The van der Waals surface area contributed by atoms with E-state index in [0.29, 0.717) is 18.0 Å². The number of piperidine rings is 1. The van der Waals surface area contributed by atoms with Gasteiger partial charge < -0.3 is 9.33 Å². The van der Waals surface area contributed by atoms with Crippen LogP contribution in [0.25, 0.3) is 0 Å². The van der Waals surface area contributed by atoms with Gasteiger partial charge in [-0.15, -0.1) is 0 Å². The minimum absolute atomic E-state index is 0.188. The van der Waals surface area contributed by atoms with Gasteiger partial charge in [-0.3, -0.25) is 0 Å². The minimum atomic E-state index is -1.71. The van der Waals surface area contributed by atoms with E-state index in [-0.39, 0.29) is 11.0 Å². The van der Waals surface area contributed by atoms with Crippen LogP contribution in [0.4, 0.5) is 0 Å².